The molecule has 0 aliphatic rings. The van der Waals surface area contributed by atoms with E-state index in [1.807, 2.05) is 6.92 Å². The number of aryl methyl sites for hydroxylation is 1. The van der Waals surface area contributed by atoms with Crippen LogP contribution in [-0.2, 0) is 32.5 Å². The molecule has 3 aromatic carbocycles. The van der Waals surface area contributed by atoms with Crippen LogP contribution in [0.3, 0.4) is 0 Å². The summed E-state index contributed by atoms with van der Waals surface area (Å²) in [4.78, 5) is 38.2. The molecule has 0 bridgehead atoms. The Kier molecular flexibility index (Phi) is 8.51. The first-order chi connectivity index (χ1) is 16.7. The van der Waals surface area contributed by atoms with E-state index in [4.69, 9.17) is 0 Å². The lowest BCUT2D eigenvalue weighted by molar-refractivity contribution is -0.145. The number of aliphatic carboxylic acids is 1. The van der Waals surface area contributed by atoms with E-state index in [2.05, 4.69) is 10.0 Å². The van der Waals surface area contributed by atoms with Crippen LogP contribution < -0.4 is 10.0 Å². The zero-order chi connectivity index (χ0) is 25.4. The number of nitrogens with one attached hydrogen (secondary N) is 2. The monoisotopic (exact) mass is 494 g/mol. The molecule has 9 heteroatoms. The Morgan fingerprint density at radius 3 is 2.03 bits per heavy atom. The van der Waals surface area contributed by atoms with Crippen molar-refractivity contribution in [3.8, 4) is 0 Å². The molecule has 0 saturated carbocycles. The predicted molar refractivity (Wildman–Crippen MR) is 130 cm³/mol. The molecule has 0 spiro atoms. The molecule has 2 amide bonds. The van der Waals surface area contributed by atoms with Crippen molar-refractivity contribution in [1.29, 1.82) is 0 Å². The predicted octanol–water partition coefficient (Wildman–Crippen LogP) is 2.80. The Morgan fingerprint density at radius 1 is 0.857 bits per heavy atom. The summed E-state index contributed by atoms with van der Waals surface area (Å²) in [5.41, 5.74) is 1.54. The lowest BCUT2D eigenvalue weighted by Crippen LogP contribution is -2.54. The minimum Gasteiger partial charge on any atom is -0.481 e. The second-order valence-corrected chi connectivity index (χ2v) is 9.59. The third kappa shape index (κ3) is 6.62. The number of carboxylic acid groups (broad SMARTS) is 1. The molecule has 182 valence electrons. The molecular weight excluding hydrogens is 468 g/mol. The van der Waals surface area contributed by atoms with Crippen LogP contribution in [0.25, 0.3) is 0 Å². The zero-order valence-corrected chi connectivity index (χ0v) is 19.9. The number of hydrogen-bond donors (Lipinski definition) is 3. The van der Waals surface area contributed by atoms with Crippen LogP contribution in [-0.4, -0.2) is 37.3 Å². The summed E-state index contributed by atoms with van der Waals surface area (Å²) in [6, 6.07) is 20.8. The molecule has 1 unspecified atom stereocenters. The van der Waals surface area contributed by atoms with Crippen molar-refractivity contribution >= 4 is 27.8 Å². The summed E-state index contributed by atoms with van der Waals surface area (Å²) in [6.45, 7) is 1.85. The molecule has 3 rings (SSSR count). The van der Waals surface area contributed by atoms with Gasteiger partial charge in [-0.05, 0) is 42.2 Å². The molecule has 8 nitrogen and oxygen atoms in total. The maximum Gasteiger partial charge on any atom is 0.309 e. The summed E-state index contributed by atoms with van der Waals surface area (Å²) in [6.07, 6.45) is 0.402. The van der Waals surface area contributed by atoms with Gasteiger partial charge in [0.25, 0.3) is 5.91 Å². The van der Waals surface area contributed by atoms with Gasteiger partial charge in [-0.25, -0.2) is 8.42 Å². The number of carboxylic acids is 1. The minimum absolute atomic E-state index is 0.134. The summed E-state index contributed by atoms with van der Waals surface area (Å²) in [7, 11) is -4.27. The van der Waals surface area contributed by atoms with Crippen LogP contribution in [0.4, 0.5) is 0 Å². The van der Waals surface area contributed by atoms with Gasteiger partial charge in [0.05, 0.1) is 10.8 Å². The fraction of sp³-hybridized carbons (Fsp3) is 0.192. The average molecular weight is 495 g/mol. The van der Waals surface area contributed by atoms with Gasteiger partial charge in [0, 0.05) is 5.56 Å². The second-order valence-electron chi connectivity index (χ2n) is 7.88. The molecule has 0 aliphatic carbocycles. The molecule has 0 fully saturated rings. The lowest BCUT2D eigenvalue weighted by Gasteiger charge is -2.24. The van der Waals surface area contributed by atoms with Crippen LogP contribution in [0.5, 0.6) is 0 Å². The van der Waals surface area contributed by atoms with Gasteiger partial charge >= 0.3 is 5.97 Å². The van der Waals surface area contributed by atoms with Crippen LogP contribution >= 0.6 is 0 Å². The van der Waals surface area contributed by atoms with Gasteiger partial charge in [-0.2, -0.15) is 4.72 Å². The standard InChI is InChI=1S/C26H26N2O6S/c1-2-19-13-9-10-16-21(19)24(29)27-25(30)23(28-35(33,34)20-14-7-4-8-15-20)22(26(31)32)17-18-11-5-3-6-12-18/h3-16,22-23,28H,2,17H2,1H3,(H,31,32)(H,27,29,30)/t22?,23-/m0/s1. The molecule has 3 aromatic rings. The first-order valence-electron chi connectivity index (χ1n) is 11.0. The molecule has 2 atom stereocenters. The highest BCUT2D eigenvalue weighted by molar-refractivity contribution is 7.89. The Bertz CT molecular complexity index is 1290. The third-order valence-corrected chi connectivity index (χ3v) is 6.97. The summed E-state index contributed by atoms with van der Waals surface area (Å²) < 4.78 is 28.3. The van der Waals surface area contributed by atoms with Crippen molar-refractivity contribution < 1.29 is 27.9 Å². The molecule has 35 heavy (non-hydrogen) atoms. The smallest absolute Gasteiger partial charge is 0.309 e. The highest BCUT2D eigenvalue weighted by atomic mass is 32.2. The van der Waals surface area contributed by atoms with Crippen molar-refractivity contribution in [2.75, 3.05) is 0 Å². The van der Waals surface area contributed by atoms with Crippen LogP contribution in [0.2, 0.25) is 0 Å². The molecule has 0 saturated heterocycles. The van der Waals surface area contributed by atoms with E-state index in [-0.39, 0.29) is 16.9 Å². The van der Waals surface area contributed by atoms with Gasteiger partial charge in [0.1, 0.15) is 6.04 Å². The Labute approximate surface area is 204 Å². The number of carbonyl (C=O) groups excluding carboxylic acids is 2. The van der Waals surface area contributed by atoms with E-state index in [0.29, 0.717) is 17.5 Å². The highest BCUT2D eigenvalue weighted by Crippen LogP contribution is 2.18. The van der Waals surface area contributed by atoms with Gasteiger partial charge in [0.2, 0.25) is 15.9 Å². The van der Waals surface area contributed by atoms with Crippen molar-refractivity contribution in [3.63, 3.8) is 0 Å². The van der Waals surface area contributed by atoms with E-state index in [0.717, 1.165) is 0 Å². The van der Waals surface area contributed by atoms with Crippen molar-refractivity contribution in [2.45, 2.75) is 30.7 Å². The lowest BCUT2D eigenvalue weighted by atomic mass is 9.92. The average Bonchev–Trinajstić information content (AvgIpc) is 2.87. The van der Waals surface area contributed by atoms with Gasteiger partial charge < -0.3 is 5.11 Å². The van der Waals surface area contributed by atoms with Gasteiger partial charge in [-0.15, -0.1) is 0 Å². The Morgan fingerprint density at radius 2 is 1.43 bits per heavy atom. The fourth-order valence-electron chi connectivity index (χ4n) is 3.68. The quantitative estimate of drug-likeness (QED) is 0.397. The maximum atomic E-state index is 13.2. The van der Waals surface area contributed by atoms with Crippen molar-refractivity contribution in [1.82, 2.24) is 10.0 Å². The van der Waals surface area contributed by atoms with E-state index < -0.39 is 39.8 Å². The van der Waals surface area contributed by atoms with Gasteiger partial charge in [-0.3, -0.25) is 19.7 Å². The van der Waals surface area contributed by atoms with Gasteiger partial charge in [0.15, 0.2) is 0 Å². The van der Waals surface area contributed by atoms with E-state index in [9.17, 15) is 27.9 Å². The minimum atomic E-state index is -4.27. The number of imide groups is 1. The fourth-order valence-corrected chi connectivity index (χ4v) is 4.93. The summed E-state index contributed by atoms with van der Waals surface area (Å²) in [5.74, 6) is -4.65. The number of amides is 2. The molecule has 3 N–H and O–H groups in total. The molecule has 0 radical (unpaired) electrons. The van der Waals surface area contributed by atoms with E-state index in [1.54, 1.807) is 60.7 Å². The van der Waals surface area contributed by atoms with Gasteiger partial charge in [-0.1, -0.05) is 73.7 Å². The summed E-state index contributed by atoms with van der Waals surface area (Å²) in [5, 5.41) is 12.2. The number of hydrogen-bond acceptors (Lipinski definition) is 5. The Balaban J connectivity index is 1.96. The highest BCUT2D eigenvalue weighted by Gasteiger charge is 2.38. The first kappa shape index (κ1) is 25.8. The van der Waals surface area contributed by atoms with Crippen LogP contribution in [0.1, 0.15) is 28.4 Å². The molecular formula is C26H26N2O6S. The number of benzene rings is 3. The zero-order valence-electron chi connectivity index (χ0n) is 19.0. The second kappa shape index (κ2) is 11.5. The largest absolute Gasteiger partial charge is 0.481 e. The molecule has 0 heterocycles. The van der Waals surface area contributed by atoms with E-state index >= 15 is 0 Å². The topological polar surface area (TPSA) is 130 Å². The SMILES string of the molecule is CCc1ccccc1C(=O)NC(=O)[C@@H](NS(=O)(=O)c1ccccc1)C(Cc1ccccc1)C(=O)O. The molecule has 0 aliphatic heterocycles. The maximum absolute atomic E-state index is 13.2. The van der Waals surface area contributed by atoms with Crippen molar-refractivity contribution in [2.24, 2.45) is 5.92 Å². The number of rotatable bonds is 10. The first-order valence-corrected chi connectivity index (χ1v) is 12.5. The third-order valence-electron chi connectivity index (χ3n) is 5.52. The van der Waals surface area contributed by atoms with Crippen molar-refractivity contribution in [3.05, 3.63) is 102 Å². The normalized spacial score (nSPS) is 12.9. The van der Waals surface area contributed by atoms with Crippen LogP contribution in [0, 0.1) is 5.92 Å². The van der Waals surface area contributed by atoms with Crippen LogP contribution in [0.15, 0.2) is 89.8 Å². The number of sulfonamides is 1. The Hall–Kier alpha value is -3.82. The molecule has 0 aromatic heterocycles. The number of carbonyl (C=O) groups is 3. The summed E-state index contributed by atoms with van der Waals surface area (Å²) >= 11 is 0. The van der Waals surface area contributed by atoms with E-state index in [1.165, 1.54) is 24.3 Å².